The molecule has 5 heteroatoms. The summed E-state index contributed by atoms with van der Waals surface area (Å²) >= 11 is 0. The summed E-state index contributed by atoms with van der Waals surface area (Å²) in [6, 6.07) is 14.0. The molecule has 1 heterocycles. The lowest BCUT2D eigenvalue weighted by atomic mass is 10.1. The predicted octanol–water partition coefficient (Wildman–Crippen LogP) is 2.94. The monoisotopic (exact) mass is 326 g/mol. The highest BCUT2D eigenvalue weighted by Crippen LogP contribution is 2.19. The summed E-state index contributed by atoms with van der Waals surface area (Å²) in [6.07, 6.45) is 2.58. The molecule has 1 amide bonds. The van der Waals surface area contributed by atoms with Crippen molar-refractivity contribution in [2.45, 2.75) is 19.4 Å². The Morgan fingerprint density at radius 3 is 2.67 bits per heavy atom. The van der Waals surface area contributed by atoms with E-state index < -0.39 is 0 Å². The molecule has 0 saturated carbocycles. The summed E-state index contributed by atoms with van der Waals surface area (Å²) < 4.78 is 0. The fourth-order valence-corrected chi connectivity index (χ4v) is 2.41. The van der Waals surface area contributed by atoms with Crippen LogP contribution in [0.3, 0.4) is 0 Å². The number of carbonyl (C=O) groups is 1. The van der Waals surface area contributed by atoms with Crippen LogP contribution in [0.15, 0.2) is 48.7 Å². The van der Waals surface area contributed by atoms with Gasteiger partial charge in [-0.2, -0.15) is 0 Å². The number of rotatable bonds is 8. The molecular weight excluding hydrogens is 300 g/mol. The smallest absolute Gasteiger partial charge is 0.269 e. The Morgan fingerprint density at radius 1 is 1.21 bits per heavy atom. The summed E-state index contributed by atoms with van der Waals surface area (Å²) in [5.74, 6) is -0.134. The molecule has 0 spiro atoms. The Morgan fingerprint density at radius 2 is 1.96 bits per heavy atom. The van der Waals surface area contributed by atoms with Gasteiger partial charge in [0.15, 0.2) is 0 Å². The van der Waals surface area contributed by atoms with E-state index in [1.165, 1.54) is 5.56 Å². The quantitative estimate of drug-likeness (QED) is 0.732. The number of benzene rings is 1. The Labute approximate surface area is 144 Å². The maximum atomic E-state index is 12.2. The Hall–Kier alpha value is -2.40. The molecule has 0 bridgehead atoms. The van der Waals surface area contributed by atoms with Crippen LogP contribution < -0.4 is 10.6 Å². The number of hydrogen-bond acceptors (Lipinski definition) is 4. The van der Waals surface area contributed by atoms with Gasteiger partial charge in [-0.1, -0.05) is 30.3 Å². The summed E-state index contributed by atoms with van der Waals surface area (Å²) in [6.45, 7) is 3.69. The van der Waals surface area contributed by atoms with Crippen LogP contribution in [-0.2, 0) is 0 Å². The second-order valence-electron chi connectivity index (χ2n) is 6.12. The average Bonchev–Trinajstić information content (AvgIpc) is 2.59. The fourth-order valence-electron chi connectivity index (χ4n) is 2.41. The highest BCUT2D eigenvalue weighted by atomic mass is 16.1. The zero-order valence-electron chi connectivity index (χ0n) is 14.6. The number of nitrogens with zero attached hydrogens (tertiary/aromatic N) is 2. The van der Waals surface area contributed by atoms with Gasteiger partial charge in [-0.15, -0.1) is 0 Å². The lowest BCUT2D eigenvalue weighted by Crippen LogP contribution is -2.27. The SMILES string of the molecule is CC(Nc1ccnc(C(=O)NCCCN(C)C)c1)c1ccccc1. The maximum absolute atomic E-state index is 12.2. The first-order valence-corrected chi connectivity index (χ1v) is 8.26. The van der Waals surface area contributed by atoms with Crippen molar-refractivity contribution in [2.75, 3.05) is 32.5 Å². The van der Waals surface area contributed by atoms with Crippen LogP contribution in [0.2, 0.25) is 0 Å². The summed E-state index contributed by atoms with van der Waals surface area (Å²) in [4.78, 5) is 18.5. The van der Waals surface area contributed by atoms with E-state index in [-0.39, 0.29) is 11.9 Å². The van der Waals surface area contributed by atoms with Gasteiger partial charge < -0.3 is 15.5 Å². The molecule has 5 nitrogen and oxygen atoms in total. The van der Waals surface area contributed by atoms with E-state index in [0.717, 1.165) is 18.7 Å². The fraction of sp³-hybridized carbons (Fsp3) is 0.368. The van der Waals surface area contributed by atoms with Crippen LogP contribution in [0.25, 0.3) is 0 Å². The first kappa shape index (κ1) is 17.9. The average molecular weight is 326 g/mol. The van der Waals surface area contributed by atoms with Crippen LogP contribution in [0.1, 0.15) is 35.4 Å². The number of amides is 1. The molecule has 128 valence electrons. The number of aromatic nitrogens is 1. The van der Waals surface area contributed by atoms with E-state index in [0.29, 0.717) is 12.2 Å². The molecule has 1 atom stereocenters. The van der Waals surface area contributed by atoms with Crippen LogP contribution >= 0.6 is 0 Å². The molecule has 0 fully saturated rings. The van der Waals surface area contributed by atoms with Gasteiger partial charge in [0, 0.05) is 24.5 Å². The molecule has 24 heavy (non-hydrogen) atoms. The minimum absolute atomic E-state index is 0.134. The van der Waals surface area contributed by atoms with Crippen LogP contribution in [0.4, 0.5) is 5.69 Å². The van der Waals surface area contributed by atoms with Gasteiger partial charge in [0.2, 0.25) is 0 Å². The highest BCUT2D eigenvalue weighted by molar-refractivity contribution is 5.93. The minimum Gasteiger partial charge on any atom is -0.378 e. The normalized spacial score (nSPS) is 12.0. The third-order valence-corrected chi connectivity index (χ3v) is 3.74. The summed E-state index contributed by atoms with van der Waals surface area (Å²) in [5.41, 5.74) is 2.52. The van der Waals surface area contributed by atoms with Gasteiger partial charge in [0.1, 0.15) is 5.69 Å². The Balaban J connectivity index is 1.92. The van der Waals surface area contributed by atoms with Crippen molar-refractivity contribution in [3.05, 3.63) is 59.9 Å². The lowest BCUT2D eigenvalue weighted by Gasteiger charge is -2.16. The van der Waals surface area contributed by atoms with Crippen molar-refractivity contribution in [1.82, 2.24) is 15.2 Å². The van der Waals surface area contributed by atoms with Crippen LogP contribution in [0.5, 0.6) is 0 Å². The molecule has 2 aromatic rings. The zero-order chi connectivity index (χ0) is 17.4. The first-order valence-electron chi connectivity index (χ1n) is 8.26. The molecule has 0 aliphatic rings. The lowest BCUT2D eigenvalue weighted by molar-refractivity contribution is 0.0947. The van der Waals surface area contributed by atoms with Gasteiger partial charge in [-0.3, -0.25) is 9.78 Å². The predicted molar refractivity (Wildman–Crippen MR) is 98.2 cm³/mol. The largest absolute Gasteiger partial charge is 0.378 e. The first-order chi connectivity index (χ1) is 11.6. The molecule has 2 rings (SSSR count). The van der Waals surface area contributed by atoms with Crippen molar-refractivity contribution in [2.24, 2.45) is 0 Å². The summed E-state index contributed by atoms with van der Waals surface area (Å²) in [5, 5.41) is 6.32. The Kier molecular flexibility index (Phi) is 6.75. The van der Waals surface area contributed by atoms with E-state index in [2.05, 4.69) is 39.6 Å². The third-order valence-electron chi connectivity index (χ3n) is 3.74. The number of carbonyl (C=O) groups excluding carboxylic acids is 1. The van der Waals surface area contributed by atoms with Crippen molar-refractivity contribution < 1.29 is 4.79 Å². The molecule has 0 aliphatic carbocycles. The van der Waals surface area contributed by atoms with Gasteiger partial charge in [0.25, 0.3) is 5.91 Å². The number of anilines is 1. The van der Waals surface area contributed by atoms with Gasteiger partial charge in [-0.25, -0.2) is 0 Å². The summed E-state index contributed by atoms with van der Waals surface area (Å²) in [7, 11) is 4.04. The van der Waals surface area contributed by atoms with Gasteiger partial charge in [0.05, 0.1) is 0 Å². The van der Waals surface area contributed by atoms with Gasteiger partial charge in [-0.05, 0) is 51.7 Å². The van der Waals surface area contributed by atoms with Crippen molar-refractivity contribution >= 4 is 11.6 Å². The minimum atomic E-state index is -0.134. The zero-order valence-corrected chi connectivity index (χ0v) is 14.6. The van der Waals surface area contributed by atoms with Crippen molar-refractivity contribution in [3.8, 4) is 0 Å². The number of hydrogen-bond donors (Lipinski definition) is 2. The second kappa shape index (κ2) is 9.03. The van der Waals surface area contributed by atoms with Crippen molar-refractivity contribution in [3.63, 3.8) is 0 Å². The van der Waals surface area contributed by atoms with Gasteiger partial charge >= 0.3 is 0 Å². The standard InChI is InChI=1S/C19H26N4O/c1-15(16-8-5-4-6-9-16)22-17-10-12-20-18(14-17)19(24)21-11-7-13-23(2)3/h4-6,8-10,12,14-15H,7,11,13H2,1-3H3,(H,20,22)(H,21,24). The van der Waals surface area contributed by atoms with E-state index in [1.54, 1.807) is 12.3 Å². The molecule has 0 radical (unpaired) electrons. The van der Waals surface area contributed by atoms with Crippen LogP contribution in [0, 0.1) is 0 Å². The van der Waals surface area contributed by atoms with Crippen molar-refractivity contribution in [1.29, 1.82) is 0 Å². The van der Waals surface area contributed by atoms with E-state index >= 15 is 0 Å². The van der Waals surface area contributed by atoms with Crippen LogP contribution in [-0.4, -0.2) is 43.0 Å². The molecular formula is C19H26N4O. The third kappa shape index (κ3) is 5.66. The second-order valence-corrected chi connectivity index (χ2v) is 6.12. The molecule has 0 saturated heterocycles. The molecule has 2 N–H and O–H groups in total. The topological polar surface area (TPSA) is 57.3 Å². The van der Waals surface area contributed by atoms with E-state index in [9.17, 15) is 4.79 Å². The maximum Gasteiger partial charge on any atom is 0.269 e. The number of pyridine rings is 1. The van der Waals surface area contributed by atoms with E-state index in [4.69, 9.17) is 0 Å². The molecule has 1 aromatic carbocycles. The van der Waals surface area contributed by atoms with E-state index in [1.807, 2.05) is 38.4 Å². The highest BCUT2D eigenvalue weighted by Gasteiger charge is 2.09. The Bertz CT molecular complexity index is 643. The molecule has 1 unspecified atom stereocenters. The molecule has 0 aliphatic heterocycles. The molecule has 1 aromatic heterocycles. The number of nitrogens with one attached hydrogen (secondary N) is 2.